The summed E-state index contributed by atoms with van der Waals surface area (Å²) in [6, 6.07) is 10.4. The Morgan fingerprint density at radius 2 is 2.00 bits per heavy atom. The molecule has 2 heterocycles. The molecule has 6 nitrogen and oxygen atoms in total. The number of carbonyl (C=O) groups is 2. The molecule has 0 spiro atoms. The molecular formula is C14H10N4O2S. The first kappa shape index (κ1) is 13.2. The Balaban J connectivity index is 2.13. The highest BCUT2D eigenvalue weighted by Gasteiger charge is 2.16. The maximum absolute atomic E-state index is 11.1. The molecular weight excluding hydrogens is 288 g/mol. The average molecular weight is 298 g/mol. The number of aldehydes is 1. The lowest BCUT2D eigenvalue weighted by molar-refractivity contribution is 0.1000. The number of nitrogens with zero attached hydrogens (tertiary/aromatic N) is 3. The van der Waals surface area contributed by atoms with Gasteiger partial charge in [-0.1, -0.05) is 11.3 Å². The highest BCUT2D eigenvalue weighted by Crippen LogP contribution is 2.28. The van der Waals surface area contributed by atoms with Crippen molar-refractivity contribution in [2.45, 2.75) is 0 Å². The monoisotopic (exact) mass is 298 g/mol. The van der Waals surface area contributed by atoms with Crippen molar-refractivity contribution < 1.29 is 9.59 Å². The summed E-state index contributed by atoms with van der Waals surface area (Å²) in [6.07, 6.45) is 0.677. The Labute approximate surface area is 123 Å². The summed E-state index contributed by atoms with van der Waals surface area (Å²) in [4.78, 5) is 23.1. The molecule has 0 saturated carbocycles. The molecule has 104 valence electrons. The minimum atomic E-state index is -0.493. The Kier molecular flexibility index (Phi) is 3.33. The topological polar surface area (TPSA) is 90.9 Å². The molecule has 0 unspecified atom stereocenters. The van der Waals surface area contributed by atoms with Crippen molar-refractivity contribution in [2.24, 2.45) is 5.73 Å². The maximum atomic E-state index is 11.1. The summed E-state index contributed by atoms with van der Waals surface area (Å²) in [5, 5.41) is 9.81. The Morgan fingerprint density at radius 3 is 2.57 bits per heavy atom. The lowest BCUT2D eigenvalue weighted by Gasteiger charge is -2.05. The van der Waals surface area contributed by atoms with Crippen LogP contribution in [0.3, 0.4) is 0 Å². The molecule has 21 heavy (non-hydrogen) atoms. The number of carbonyl (C=O) groups excluding carboxylic acids is 2. The second-order valence-electron chi connectivity index (χ2n) is 4.24. The van der Waals surface area contributed by atoms with Crippen LogP contribution in [0, 0.1) is 0 Å². The van der Waals surface area contributed by atoms with Crippen LogP contribution in [0.25, 0.3) is 16.3 Å². The average Bonchev–Trinajstić information content (AvgIpc) is 3.15. The van der Waals surface area contributed by atoms with Crippen molar-refractivity contribution in [1.82, 2.24) is 15.0 Å². The number of aromatic nitrogens is 3. The number of nitrogens with two attached hydrogens (primary N) is 1. The molecule has 0 bridgehead atoms. The minimum absolute atomic E-state index is 0.274. The highest BCUT2D eigenvalue weighted by atomic mass is 32.1. The number of thiophene rings is 1. The smallest absolute Gasteiger partial charge is 0.248 e. The number of rotatable bonds is 4. The molecule has 0 aliphatic carbocycles. The summed E-state index contributed by atoms with van der Waals surface area (Å²) in [5.41, 5.74) is 7.23. The molecule has 3 aromatic rings. The van der Waals surface area contributed by atoms with E-state index in [4.69, 9.17) is 5.73 Å². The van der Waals surface area contributed by atoms with Crippen molar-refractivity contribution in [3.05, 3.63) is 53.0 Å². The molecule has 0 fully saturated rings. The van der Waals surface area contributed by atoms with Crippen LogP contribution >= 0.6 is 11.3 Å². The quantitative estimate of drug-likeness (QED) is 0.745. The molecule has 7 heteroatoms. The van der Waals surface area contributed by atoms with Crippen LogP contribution in [-0.2, 0) is 0 Å². The first-order valence-corrected chi connectivity index (χ1v) is 6.93. The SMILES string of the molecule is NC(=O)c1ccc(-n2nnc(C=O)c2-c2cccs2)cc1. The first-order chi connectivity index (χ1) is 10.2. The van der Waals surface area contributed by atoms with Crippen LogP contribution in [0.4, 0.5) is 0 Å². The molecule has 0 aliphatic rings. The largest absolute Gasteiger partial charge is 0.366 e. The van der Waals surface area contributed by atoms with E-state index in [1.54, 1.807) is 28.9 Å². The van der Waals surface area contributed by atoms with E-state index in [0.29, 0.717) is 23.2 Å². The van der Waals surface area contributed by atoms with Gasteiger partial charge in [0.15, 0.2) is 12.0 Å². The summed E-state index contributed by atoms with van der Waals surface area (Å²) in [6.45, 7) is 0. The Hall–Kier alpha value is -2.80. The zero-order valence-electron chi connectivity index (χ0n) is 10.8. The fourth-order valence-electron chi connectivity index (χ4n) is 1.96. The molecule has 1 amide bonds. The minimum Gasteiger partial charge on any atom is -0.366 e. The van der Waals surface area contributed by atoms with E-state index in [1.165, 1.54) is 11.3 Å². The van der Waals surface area contributed by atoms with Gasteiger partial charge in [-0.2, -0.15) is 0 Å². The van der Waals surface area contributed by atoms with E-state index in [2.05, 4.69) is 10.3 Å². The second kappa shape index (κ2) is 5.29. The van der Waals surface area contributed by atoms with Gasteiger partial charge >= 0.3 is 0 Å². The fourth-order valence-corrected chi connectivity index (χ4v) is 2.73. The lowest BCUT2D eigenvalue weighted by Crippen LogP contribution is -2.10. The van der Waals surface area contributed by atoms with Gasteiger partial charge in [-0.15, -0.1) is 16.4 Å². The second-order valence-corrected chi connectivity index (χ2v) is 5.19. The fraction of sp³-hybridized carbons (Fsp3) is 0. The van der Waals surface area contributed by atoms with Crippen molar-refractivity contribution >= 4 is 23.5 Å². The van der Waals surface area contributed by atoms with E-state index in [1.807, 2.05) is 17.5 Å². The highest BCUT2D eigenvalue weighted by molar-refractivity contribution is 7.13. The lowest BCUT2D eigenvalue weighted by atomic mass is 10.2. The van der Waals surface area contributed by atoms with Gasteiger partial charge in [-0.25, -0.2) is 4.68 Å². The van der Waals surface area contributed by atoms with Crippen LogP contribution < -0.4 is 5.73 Å². The van der Waals surface area contributed by atoms with Crippen LogP contribution in [0.2, 0.25) is 0 Å². The van der Waals surface area contributed by atoms with E-state index in [-0.39, 0.29) is 5.69 Å². The van der Waals surface area contributed by atoms with Gasteiger partial charge in [0, 0.05) is 5.56 Å². The van der Waals surface area contributed by atoms with E-state index < -0.39 is 5.91 Å². The van der Waals surface area contributed by atoms with Crippen molar-refractivity contribution in [2.75, 3.05) is 0 Å². The predicted octanol–water partition coefficient (Wildman–Crippen LogP) is 1.91. The predicted molar refractivity (Wildman–Crippen MR) is 78.6 cm³/mol. The van der Waals surface area contributed by atoms with Crippen LogP contribution in [0.5, 0.6) is 0 Å². The van der Waals surface area contributed by atoms with Crippen molar-refractivity contribution in [1.29, 1.82) is 0 Å². The number of hydrogen-bond acceptors (Lipinski definition) is 5. The van der Waals surface area contributed by atoms with E-state index in [9.17, 15) is 9.59 Å². The number of hydrogen-bond donors (Lipinski definition) is 1. The van der Waals surface area contributed by atoms with Gasteiger partial charge < -0.3 is 5.73 Å². The van der Waals surface area contributed by atoms with Gasteiger partial charge in [0.25, 0.3) is 0 Å². The van der Waals surface area contributed by atoms with Crippen LogP contribution in [-0.4, -0.2) is 27.2 Å². The van der Waals surface area contributed by atoms with Crippen LogP contribution in [0.1, 0.15) is 20.8 Å². The molecule has 0 aliphatic heterocycles. The number of primary amides is 1. The third-order valence-corrected chi connectivity index (χ3v) is 3.84. The summed E-state index contributed by atoms with van der Waals surface area (Å²) < 4.78 is 1.57. The summed E-state index contributed by atoms with van der Waals surface area (Å²) in [5.74, 6) is -0.493. The summed E-state index contributed by atoms with van der Waals surface area (Å²) in [7, 11) is 0. The van der Waals surface area contributed by atoms with E-state index >= 15 is 0 Å². The van der Waals surface area contributed by atoms with Gasteiger partial charge in [0.05, 0.1) is 10.6 Å². The standard InChI is InChI=1S/C14H10N4O2S/c15-14(20)9-3-5-10(6-4-9)18-13(11(8-19)16-17-18)12-2-1-7-21-12/h1-8H,(H2,15,20). The molecule has 0 saturated heterocycles. The van der Waals surface area contributed by atoms with Crippen molar-refractivity contribution in [3.63, 3.8) is 0 Å². The molecule has 1 aromatic carbocycles. The molecule has 2 aromatic heterocycles. The first-order valence-electron chi connectivity index (χ1n) is 6.05. The van der Waals surface area contributed by atoms with Gasteiger partial charge in [0.2, 0.25) is 5.91 Å². The number of benzene rings is 1. The van der Waals surface area contributed by atoms with Gasteiger partial charge in [0.1, 0.15) is 5.69 Å². The zero-order valence-corrected chi connectivity index (χ0v) is 11.6. The Bertz CT molecular complexity index is 791. The molecule has 2 N–H and O–H groups in total. The van der Waals surface area contributed by atoms with Crippen LogP contribution in [0.15, 0.2) is 41.8 Å². The molecule has 3 rings (SSSR count). The molecule has 0 radical (unpaired) electrons. The normalized spacial score (nSPS) is 10.5. The maximum Gasteiger partial charge on any atom is 0.248 e. The van der Waals surface area contributed by atoms with Crippen molar-refractivity contribution in [3.8, 4) is 16.3 Å². The number of amides is 1. The zero-order chi connectivity index (χ0) is 14.8. The van der Waals surface area contributed by atoms with Gasteiger partial charge in [-0.05, 0) is 35.7 Å². The summed E-state index contributed by atoms with van der Waals surface area (Å²) >= 11 is 1.49. The third-order valence-electron chi connectivity index (χ3n) is 2.96. The third kappa shape index (κ3) is 2.34. The van der Waals surface area contributed by atoms with Gasteiger partial charge in [-0.3, -0.25) is 9.59 Å². The van der Waals surface area contributed by atoms with E-state index in [0.717, 1.165) is 4.88 Å². The molecule has 0 atom stereocenters. The Morgan fingerprint density at radius 1 is 1.24 bits per heavy atom.